The molecule has 0 spiro atoms. The molecule has 130 valence electrons. The molecule has 0 fully saturated rings. The van der Waals surface area contributed by atoms with Crippen molar-refractivity contribution in [2.24, 2.45) is 0 Å². The van der Waals surface area contributed by atoms with Gasteiger partial charge in [0.2, 0.25) is 0 Å². The van der Waals surface area contributed by atoms with E-state index in [0.29, 0.717) is 36.6 Å². The van der Waals surface area contributed by atoms with Crippen molar-refractivity contribution in [1.29, 1.82) is 0 Å². The Hall–Kier alpha value is -2.82. The van der Waals surface area contributed by atoms with Crippen LogP contribution in [0.25, 0.3) is 5.65 Å². The summed E-state index contributed by atoms with van der Waals surface area (Å²) in [7, 11) is 1.62. The van der Waals surface area contributed by atoms with Gasteiger partial charge in [-0.25, -0.2) is 4.98 Å². The number of fused-ring (bicyclic) bond motifs is 1. The van der Waals surface area contributed by atoms with Crippen LogP contribution in [0.15, 0.2) is 48.7 Å². The van der Waals surface area contributed by atoms with Crippen molar-refractivity contribution in [1.82, 2.24) is 14.3 Å². The van der Waals surface area contributed by atoms with E-state index in [0.717, 1.165) is 11.3 Å². The topological polar surface area (TPSA) is 46.8 Å². The van der Waals surface area contributed by atoms with E-state index < -0.39 is 0 Å². The first-order chi connectivity index (χ1) is 12.2. The zero-order valence-electron chi connectivity index (χ0n) is 14.9. The number of nitrogens with zero attached hydrogens (tertiary/aromatic N) is 3. The number of ether oxygens (including phenoxy) is 1. The fraction of sp³-hybridized carbons (Fsp3) is 0.300. The smallest absolute Gasteiger partial charge is 0.273 e. The molecule has 0 aliphatic carbocycles. The van der Waals surface area contributed by atoms with E-state index in [4.69, 9.17) is 4.74 Å². The Kier molecular flexibility index (Phi) is 5.03. The minimum absolute atomic E-state index is 0.0102. The van der Waals surface area contributed by atoms with Crippen LogP contribution in [0.3, 0.4) is 0 Å². The maximum atomic E-state index is 13.3. The van der Waals surface area contributed by atoms with Gasteiger partial charge in [0.25, 0.3) is 5.91 Å². The molecule has 0 saturated carbocycles. The molecule has 1 amide bonds. The molecular formula is C20H23N3O2. The molecule has 0 unspecified atom stereocenters. The number of hydrogen-bond acceptors (Lipinski definition) is 3. The molecule has 2 aromatic heterocycles. The Morgan fingerprint density at radius 1 is 1.16 bits per heavy atom. The lowest BCUT2D eigenvalue weighted by Crippen LogP contribution is -2.32. The van der Waals surface area contributed by atoms with Gasteiger partial charge in [0.05, 0.1) is 12.8 Å². The van der Waals surface area contributed by atoms with Gasteiger partial charge in [-0.3, -0.25) is 9.20 Å². The summed E-state index contributed by atoms with van der Waals surface area (Å²) in [6.45, 7) is 5.22. The molecule has 0 radical (unpaired) electrons. The van der Waals surface area contributed by atoms with Crippen molar-refractivity contribution in [3.8, 4) is 5.75 Å². The maximum absolute atomic E-state index is 13.3. The molecule has 0 saturated heterocycles. The van der Waals surface area contributed by atoms with Crippen LogP contribution in [-0.4, -0.2) is 33.8 Å². The SMILES string of the molecule is CCc1nc2c(OC)cccn2c1C(=O)N(CC)Cc1ccccc1. The number of hydrogen-bond donors (Lipinski definition) is 0. The van der Waals surface area contributed by atoms with E-state index in [1.54, 1.807) is 7.11 Å². The number of amides is 1. The second-order valence-electron chi connectivity index (χ2n) is 5.84. The number of carbonyl (C=O) groups excluding carboxylic acids is 1. The van der Waals surface area contributed by atoms with Gasteiger partial charge in [0.1, 0.15) is 5.69 Å². The highest BCUT2D eigenvalue weighted by Crippen LogP contribution is 2.23. The Balaban J connectivity index is 2.03. The summed E-state index contributed by atoms with van der Waals surface area (Å²) in [5.74, 6) is 0.659. The van der Waals surface area contributed by atoms with Gasteiger partial charge in [0, 0.05) is 19.3 Å². The average molecular weight is 337 g/mol. The molecule has 3 rings (SSSR count). The maximum Gasteiger partial charge on any atom is 0.273 e. The van der Waals surface area contributed by atoms with Crippen molar-refractivity contribution in [2.75, 3.05) is 13.7 Å². The van der Waals surface area contributed by atoms with E-state index in [9.17, 15) is 4.79 Å². The molecule has 5 nitrogen and oxygen atoms in total. The van der Waals surface area contributed by atoms with Crippen LogP contribution in [0, 0.1) is 0 Å². The summed E-state index contributed by atoms with van der Waals surface area (Å²) in [5, 5.41) is 0. The van der Waals surface area contributed by atoms with E-state index in [2.05, 4.69) is 4.98 Å². The van der Waals surface area contributed by atoms with Crippen molar-refractivity contribution in [2.45, 2.75) is 26.8 Å². The van der Waals surface area contributed by atoms with Crippen molar-refractivity contribution < 1.29 is 9.53 Å². The number of aromatic nitrogens is 2. The summed E-state index contributed by atoms with van der Waals surface area (Å²) in [5.41, 5.74) is 3.21. The van der Waals surface area contributed by atoms with Gasteiger partial charge >= 0.3 is 0 Å². The van der Waals surface area contributed by atoms with Gasteiger partial charge < -0.3 is 9.64 Å². The quantitative estimate of drug-likeness (QED) is 0.691. The fourth-order valence-electron chi connectivity index (χ4n) is 3.00. The molecule has 0 N–H and O–H groups in total. The van der Waals surface area contributed by atoms with Gasteiger partial charge in [-0.05, 0) is 31.0 Å². The van der Waals surface area contributed by atoms with Crippen LogP contribution < -0.4 is 4.74 Å². The van der Waals surface area contributed by atoms with Crippen molar-refractivity contribution >= 4 is 11.6 Å². The zero-order chi connectivity index (χ0) is 17.8. The van der Waals surface area contributed by atoms with Crippen LogP contribution >= 0.6 is 0 Å². The van der Waals surface area contributed by atoms with E-state index >= 15 is 0 Å². The Morgan fingerprint density at radius 3 is 2.56 bits per heavy atom. The molecule has 3 aromatic rings. The van der Waals surface area contributed by atoms with Gasteiger partial charge in [-0.2, -0.15) is 0 Å². The number of pyridine rings is 1. The largest absolute Gasteiger partial charge is 0.493 e. The predicted octanol–water partition coefficient (Wildman–Crippen LogP) is 3.57. The second-order valence-corrected chi connectivity index (χ2v) is 5.84. The minimum atomic E-state index is -0.0102. The first-order valence-electron chi connectivity index (χ1n) is 8.56. The molecule has 25 heavy (non-hydrogen) atoms. The van der Waals surface area contributed by atoms with E-state index in [1.807, 2.05) is 71.8 Å². The number of rotatable bonds is 6. The lowest BCUT2D eigenvalue weighted by atomic mass is 10.2. The third kappa shape index (κ3) is 3.22. The number of benzene rings is 1. The Bertz CT molecular complexity index is 871. The Morgan fingerprint density at radius 2 is 1.92 bits per heavy atom. The van der Waals surface area contributed by atoms with Crippen LogP contribution in [0.1, 0.15) is 35.6 Å². The van der Waals surface area contributed by atoms with Gasteiger partial charge in [-0.15, -0.1) is 0 Å². The Labute approximate surface area is 147 Å². The van der Waals surface area contributed by atoms with Gasteiger partial charge in [0.15, 0.2) is 11.4 Å². The monoisotopic (exact) mass is 337 g/mol. The highest BCUT2D eigenvalue weighted by molar-refractivity contribution is 5.95. The summed E-state index contributed by atoms with van der Waals surface area (Å²) in [6.07, 6.45) is 2.56. The van der Waals surface area contributed by atoms with Gasteiger partial charge in [-0.1, -0.05) is 37.3 Å². The van der Waals surface area contributed by atoms with Crippen LogP contribution in [-0.2, 0) is 13.0 Å². The van der Waals surface area contributed by atoms with Crippen LogP contribution in [0.2, 0.25) is 0 Å². The third-order valence-electron chi connectivity index (χ3n) is 4.33. The molecule has 0 aliphatic heterocycles. The fourth-order valence-corrected chi connectivity index (χ4v) is 3.00. The summed E-state index contributed by atoms with van der Waals surface area (Å²) >= 11 is 0. The first-order valence-corrected chi connectivity index (χ1v) is 8.56. The molecule has 0 atom stereocenters. The number of imidazole rings is 1. The number of methoxy groups -OCH3 is 1. The third-order valence-corrected chi connectivity index (χ3v) is 4.33. The minimum Gasteiger partial charge on any atom is -0.493 e. The lowest BCUT2D eigenvalue weighted by molar-refractivity contribution is 0.0744. The molecule has 0 bridgehead atoms. The second kappa shape index (κ2) is 7.38. The summed E-state index contributed by atoms with van der Waals surface area (Å²) in [4.78, 5) is 19.7. The molecular weight excluding hydrogens is 314 g/mol. The van der Waals surface area contributed by atoms with E-state index in [-0.39, 0.29) is 5.91 Å². The number of aryl methyl sites for hydroxylation is 1. The number of carbonyl (C=O) groups is 1. The zero-order valence-corrected chi connectivity index (χ0v) is 14.9. The molecule has 2 heterocycles. The van der Waals surface area contributed by atoms with Crippen LogP contribution in [0.4, 0.5) is 0 Å². The highest BCUT2D eigenvalue weighted by Gasteiger charge is 2.24. The molecule has 5 heteroatoms. The standard InChI is InChI=1S/C20H23N3O2/c1-4-16-18(23-13-9-12-17(25-3)19(23)21-16)20(24)22(5-2)14-15-10-7-6-8-11-15/h6-13H,4-5,14H2,1-3H3. The normalized spacial score (nSPS) is 10.8. The lowest BCUT2D eigenvalue weighted by Gasteiger charge is -2.21. The average Bonchev–Trinajstić information content (AvgIpc) is 3.05. The highest BCUT2D eigenvalue weighted by atomic mass is 16.5. The van der Waals surface area contributed by atoms with Crippen molar-refractivity contribution in [3.05, 3.63) is 65.6 Å². The molecule has 0 aliphatic rings. The summed E-state index contributed by atoms with van der Waals surface area (Å²) < 4.78 is 7.24. The summed E-state index contributed by atoms with van der Waals surface area (Å²) in [6, 6.07) is 13.8. The predicted molar refractivity (Wildman–Crippen MR) is 98.0 cm³/mol. The van der Waals surface area contributed by atoms with Crippen molar-refractivity contribution in [3.63, 3.8) is 0 Å². The molecule has 1 aromatic carbocycles. The van der Waals surface area contributed by atoms with Crippen LogP contribution in [0.5, 0.6) is 5.75 Å². The van der Waals surface area contributed by atoms with E-state index in [1.165, 1.54) is 0 Å². The first kappa shape index (κ1) is 17.0.